The molecule has 0 saturated carbocycles. The van der Waals surface area contributed by atoms with Gasteiger partial charge in [-0.15, -0.1) is 0 Å². The standard InChI is InChI=1S/2C19H23N3O2/c2*1-11(2)8-17(20)19(23)22-13-4-5-15-14-6-7-21-10-16(14)12(3)24-18(15)9-13/h2*4-7,9-12,17H,8,20H2,1-3H3,(H,22,23)/t12-,17+;12-,17-/m10/s1. The van der Waals surface area contributed by atoms with Crippen LogP contribution in [-0.4, -0.2) is 33.9 Å². The Morgan fingerprint density at radius 3 is 1.44 bits per heavy atom. The lowest BCUT2D eigenvalue weighted by Crippen LogP contribution is -2.36. The van der Waals surface area contributed by atoms with Gasteiger partial charge < -0.3 is 31.6 Å². The molecule has 10 nitrogen and oxygen atoms in total. The van der Waals surface area contributed by atoms with Crippen molar-refractivity contribution in [2.24, 2.45) is 23.3 Å². The molecule has 6 rings (SSSR count). The molecule has 2 amide bonds. The third kappa shape index (κ3) is 8.00. The van der Waals surface area contributed by atoms with Gasteiger partial charge in [-0.1, -0.05) is 27.7 Å². The maximum absolute atomic E-state index is 12.2. The number of aromatic nitrogens is 2. The predicted molar refractivity (Wildman–Crippen MR) is 190 cm³/mol. The summed E-state index contributed by atoms with van der Waals surface area (Å²) in [5.74, 6) is 1.94. The maximum Gasteiger partial charge on any atom is 0.241 e. The minimum atomic E-state index is -0.507. The summed E-state index contributed by atoms with van der Waals surface area (Å²) in [7, 11) is 0. The van der Waals surface area contributed by atoms with Crippen LogP contribution in [0.5, 0.6) is 11.5 Å². The first-order valence-electron chi connectivity index (χ1n) is 16.5. The Morgan fingerprint density at radius 1 is 0.667 bits per heavy atom. The third-order valence-corrected chi connectivity index (χ3v) is 8.39. The van der Waals surface area contributed by atoms with Gasteiger partial charge in [0.25, 0.3) is 0 Å². The van der Waals surface area contributed by atoms with E-state index in [9.17, 15) is 9.59 Å². The highest BCUT2D eigenvalue weighted by molar-refractivity contribution is 5.96. The van der Waals surface area contributed by atoms with Crippen LogP contribution in [0, 0.1) is 11.8 Å². The van der Waals surface area contributed by atoms with Gasteiger partial charge in [-0.2, -0.15) is 0 Å². The Balaban J connectivity index is 0.000000188. The number of ether oxygens (including phenoxy) is 2. The molecule has 6 N–H and O–H groups in total. The smallest absolute Gasteiger partial charge is 0.241 e. The molecular weight excluding hydrogens is 604 g/mol. The highest BCUT2D eigenvalue weighted by Crippen LogP contribution is 2.44. The van der Waals surface area contributed by atoms with E-state index in [2.05, 4.69) is 20.6 Å². The topological polar surface area (TPSA) is 154 Å². The molecule has 4 heterocycles. The summed E-state index contributed by atoms with van der Waals surface area (Å²) in [6.45, 7) is 12.2. The van der Waals surface area contributed by atoms with Crippen LogP contribution in [-0.2, 0) is 9.59 Å². The van der Waals surface area contributed by atoms with Crippen LogP contribution in [0.2, 0.25) is 0 Å². The molecule has 252 valence electrons. The van der Waals surface area contributed by atoms with E-state index in [0.29, 0.717) is 36.1 Å². The highest BCUT2D eigenvalue weighted by Gasteiger charge is 2.25. The van der Waals surface area contributed by atoms with Crippen molar-refractivity contribution in [1.82, 2.24) is 9.97 Å². The number of hydrogen-bond acceptors (Lipinski definition) is 8. The van der Waals surface area contributed by atoms with Crippen molar-refractivity contribution < 1.29 is 19.1 Å². The average molecular weight is 651 g/mol. The van der Waals surface area contributed by atoms with Crippen molar-refractivity contribution in [2.45, 2.75) is 78.7 Å². The summed E-state index contributed by atoms with van der Waals surface area (Å²) in [5.41, 5.74) is 19.7. The number of benzene rings is 2. The number of nitrogens with two attached hydrogens (primary N) is 2. The molecule has 10 heteroatoms. The maximum atomic E-state index is 12.2. The highest BCUT2D eigenvalue weighted by atomic mass is 16.5. The van der Waals surface area contributed by atoms with E-state index in [0.717, 1.165) is 44.9 Å². The number of pyridine rings is 2. The van der Waals surface area contributed by atoms with Gasteiger partial charge in [0.15, 0.2) is 0 Å². The SMILES string of the molecule is CC(C)C[C@H](N)C(=O)Nc1ccc2c(c1)O[C@@H](C)c1cnccc1-2.CC(C)C[C@H](N)C(=O)Nc1ccc2c(c1)O[C@H](C)c1cnccc1-2. The van der Waals surface area contributed by atoms with Crippen molar-refractivity contribution in [3.63, 3.8) is 0 Å². The van der Waals surface area contributed by atoms with E-state index in [1.54, 1.807) is 12.4 Å². The van der Waals surface area contributed by atoms with E-state index in [1.807, 2.05) is 102 Å². The number of carbonyl (C=O) groups is 2. The minimum absolute atomic E-state index is 0.0738. The van der Waals surface area contributed by atoms with Gasteiger partial charge >= 0.3 is 0 Å². The van der Waals surface area contributed by atoms with E-state index in [1.165, 1.54) is 0 Å². The minimum Gasteiger partial charge on any atom is -0.485 e. The van der Waals surface area contributed by atoms with Gasteiger partial charge in [-0.3, -0.25) is 19.6 Å². The molecule has 0 spiro atoms. The molecule has 4 atom stereocenters. The first-order chi connectivity index (χ1) is 22.9. The number of nitrogens with zero attached hydrogens (tertiary/aromatic N) is 2. The molecule has 2 aliphatic heterocycles. The molecular formula is C38H46N6O4. The van der Waals surface area contributed by atoms with Crippen LogP contribution < -0.4 is 31.6 Å². The average Bonchev–Trinajstić information content (AvgIpc) is 3.04. The fourth-order valence-electron chi connectivity index (χ4n) is 6.00. The molecule has 2 aromatic carbocycles. The summed E-state index contributed by atoms with van der Waals surface area (Å²) in [5, 5.41) is 5.76. The van der Waals surface area contributed by atoms with Crippen molar-refractivity contribution in [1.29, 1.82) is 0 Å². The lowest BCUT2D eigenvalue weighted by molar-refractivity contribution is -0.118. The van der Waals surface area contributed by atoms with Crippen molar-refractivity contribution in [2.75, 3.05) is 10.6 Å². The largest absolute Gasteiger partial charge is 0.485 e. The molecule has 0 saturated heterocycles. The Morgan fingerprint density at radius 2 is 1.06 bits per heavy atom. The van der Waals surface area contributed by atoms with Gasteiger partial charge in [0, 0.05) is 70.5 Å². The summed E-state index contributed by atoms with van der Waals surface area (Å²) >= 11 is 0. The molecule has 2 aromatic heterocycles. The second-order valence-corrected chi connectivity index (χ2v) is 13.3. The first-order valence-corrected chi connectivity index (χ1v) is 16.5. The zero-order valence-corrected chi connectivity index (χ0v) is 28.5. The number of hydrogen-bond donors (Lipinski definition) is 4. The quantitative estimate of drug-likeness (QED) is 0.159. The summed E-state index contributed by atoms with van der Waals surface area (Å²) < 4.78 is 12.0. The summed E-state index contributed by atoms with van der Waals surface area (Å²) in [6.07, 6.45) is 8.40. The Labute approximate surface area is 282 Å². The molecule has 0 aliphatic carbocycles. The lowest BCUT2D eigenvalue weighted by atomic mass is 9.95. The van der Waals surface area contributed by atoms with Crippen LogP contribution in [0.3, 0.4) is 0 Å². The van der Waals surface area contributed by atoms with Gasteiger partial charge in [0.1, 0.15) is 23.7 Å². The molecule has 4 aromatic rings. The monoisotopic (exact) mass is 650 g/mol. The van der Waals surface area contributed by atoms with Crippen LogP contribution in [0.4, 0.5) is 11.4 Å². The van der Waals surface area contributed by atoms with E-state index >= 15 is 0 Å². The molecule has 48 heavy (non-hydrogen) atoms. The number of rotatable bonds is 8. The Kier molecular flexibility index (Phi) is 10.8. The van der Waals surface area contributed by atoms with E-state index < -0.39 is 12.1 Å². The fourth-order valence-corrected chi connectivity index (χ4v) is 6.00. The molecule has 0 fully saturated rings. The van der Waals surface area contributed by atoms with Crippen LogP contribution in [0.1, 0.15) is 77.7 Å². The predicted octanol–water partition coefficient (Wildman–Crippen LogP) is 7.03. The van der Waals surface area contributed by atoms with Gasteiger partial charge in [0.05, 0.1) is 12.1 Å². The number of anilines is 2. The third-order valence-electron chi connectivity index (χ3n) is 8.39. The summed E-state index contributed by atoms with van der Waals surface area (Å²) in [4.78, 5) is 32.7. The molecule has 0 bridgehead atoms. The second-order valence-electron chi connectivity index (χ2n) is 13.3. The van der Waals surface area contributed by atoms with Gasteiger partial charge in [0.2, 0.25) is 11.8 Å². The number of carbonyl (C=O) groups excluding carboxylic acids is 2. The Bertz CT molecular complexity index is 1650. The van der Waals surface area contributed by atoms with Crippen LogP contribution in [0.15, 0.2) is 73.3 Å². The molecule has 2 aliphatic rings. The fraction of sp³-hybridized carbons (Fsp3) is 0.368. The second kappa shape index (κ2) is 15.0. The lowest BCUT2D eigenvalue weighted by Gasteiger charge is -2.26. The number of nitrogens with one attached hydrogen (secondary N) is 2. The normalized spacial score (nSPS) is 16.8. The van der Waals surface area contributed by atoms with Gasteiger partial charge in [-0.05, 0) is 86.1 Å². The zero-order valence-electron chi connectivity index (χ0n) is 28.5. The van der Waals surface area contributed by atoms with Gasteiger partial charge in [-0.25, -0.2) is 0 Å². The molecule has 0 unspecified atom stereocenters. The van der Waals surface area contributed by atoms with E-state index in [4.69, 9.17) is 20.9 Å². The Hall–Kier alpha value is -4.80. The number of amides is 2. The van der Waals surface area contributed by atoms with Crippen LogP contribution in [0.25, 0.3) is 22.3 Å². The summed E-state index contributed by atoms with van der Waals surface area (Å²) in [6, 6.07) is 14.4. The van der Waals surface area contributed by atoms with Crippen LogP contribution >= 0.6 is 0 Å². The first kappa shape index (κ1) is 34.5. The van der Waals surface area contributed by atoms with Crippen molar-refractivity contribution >= 4 is 23.2 Å². The van der Waals surface area contributed by atoms with Crippen molar-refractivity contribution in [3.05, 3.63) is 84.4 Å². The number of fused-ring (bicyclic) bond motifs is 6. The zero-order chi connectivity index (χ0) is 34.5. The molecule has 0 radical (unpaired) electrons. The van der Waals surface area contributed by atoms with E-state index in [-0.39, 0.29) is 24.0 Å². The van der Waals surface area contributed by atoms with Crippen molar-refractivity contribution in [3.8, 4) is 33.8 Å².